The Morgan fingerprint density at radius 3 is 2.57 bits per heavy atom. The van der Waals surface area contributed by atoms with E-state index in [0.29, 0.717) is 17.6 Å². The van der Waals surface area contributed by atoms with Gasteiger partial charge in [0.05, 0.1) is 0 Å². The molecule has 0 bridgehead atoms. The zero-order chi connectivity index (χ0) is 19.1. The van der Waals surface area contributed by atoms with E-state index in [-0.39, 0.29) is 18.3 Å². The molecule has 3 heterocycles. The SMILES string of the molecule is Cc1ccc(C)c2c(C)c(C(=O)Nc3nc(C4CCNCC4)nn3C)oc12.Cl. The lowest BCUT2D eigenvalue weighted by atomic mass is 9.98. The summed E-state index contributed by atoms with van der Waals surface area (Å²) in [4.78, 5) is 17.4. The molecule has 0 unspecified atom stereocenters. The predicted molar refractivity (Wildman–Crippen MR) is 111 cm³/mol. The van der Waals surface area contributed by atoms with Crippen molar-refractivity contribution >= 4 is 35.2 Å². The number of nitrogens with zero attached hydrogens (tertiary/aromatic N) is 3. The minimum Gasteiger partial charge on any atom is -0.450 e. The standard InChI is InChI=1S/C20H25N5O2.ClH/c1-11-5-6-12(2)16-15(11)13(3)17(27-16)19(26)23-20-22-18(24-25(20)4)14-7-9-21-10-8-14;/h5-6,14,21H,7-10H2,1-4H3,(H,22,23,24,26);1H. The lowest BCUT2D eigenvalue weighted by Gasteiger charge is -2.19. The quantitative estimate of drug-likeness (QED) is 0.697. The summed E-state index contributed by atoms with van der Waals surface area (Å²) in [6, 6.07) is 4.06. The Kier molecular flexibility index (Phi) is 5.76. The fourth-order valence-corrected chi connectivity index (χ4v) is 3.82. The van der Waals surface area contributed by atoms with E-state index in [1.165, 1.54) is 0 Å². The van der Waals surface area contributed by atoms with E-state index in [1.807, 2.05) is 26.8 Å². The number of fused-ring (bicyclic) bond motifs is 1. The van der Waals surface area contributed by atoms with Gasteiger partial charge in [0.15, 0.2) is 11.6 Å². The molecule has 1 aromatic carbocycles. The van der Waals surface area contributed by atoms with E-state index < -0.39 is 0 Å². The van der Waals surface area contributed by atoms with Crippen molar-refractivity contribution in [1.29, 1.82) is 0 Å². The third-order valence-corrected chi connectivity index (χ3v) is 5.40. The van der Waals surface area contributed by atoms with Crippen LogP contribution in [0.5, 0.6) is 0 Å². The molecule has 3 aromatic rings. The first kappa shape index (κ1) is 20.4. The second-order valence-electron chi connectivity index (χ2n) is 7.36. The summed E-state index contributed by atoms with van der Waals surface area (Å²) in [5, 5.41) is 11.7. The molecule has 1 amide bonds. The van der Waals surface area contributed by atoms with Crippen LogP contribution in [0.1, 0.15) is 51.8 Å². The number of anilines is 1. The first-order chi connectivity index (χ1) is 13.0. The molecule has 0 radical (unpaired) electrons. The van der Waals surface area contributed by atoms with Gasteiger partial charge in [-0.3, -0.25) is 10.1 Å². The lowest BCUT2D eigenvalue weighted by Crippen LogP contribution is -2.27. The molecule has 0 atom stereocenters. The van der Waals surface area contributed by atoms with E-state index in [0.717, 1.165) is 59.4 Å². The average Bonchev–Trinajstić information content (AvgIpc) is 3.20. The molecular formula is C20H26ClN5O2. The molecule has 0 spiro atoms. The van der Waals surface area contributed by atoms with Crippen molar-refractivity contribution in [1.82, 2.24) is 20.1 Å². The van der Waals surface area contributed by atoms with Crippen LogP contribution in [0.3, 0.4) is 0 Å². The Morgan fingerprint density at radius 1 is 1.21 bits per heavy atom. The number of halogens is 1. The molecule has 1 fully saturated rings. The van der Waals surface area contributed by atoms with Crippen LogP contribution in [0.15, 0.2) is 16.5 Å². The van der Waals surface area contributed by atoms with Gasteiger partial charge in [-0.15, -0.1) is 12.4 Å². The van der Waals surface area contributed by atoms with Crippen LogP contribution in [-0.4, -0.2) is 33.8 Å². The van der Waals surface area contributed by atoms with E-state index in [2.05, 4.69) is 26.8 Å². The maximum absolute atomic E-state index is 12.9. The summed E-state index contributed by atoms with van der Waals surface area (Å²) in [6.07, 6.45) is 2.03. The second kappa shape index (κ2) is 7.93. The molecule has 150 valence electrons. The van der Waals surface area contributed by atoms with Gasteiger partial charge in [-0.1, -0.05) is 12.1 Å². The van der Waals surface area contributed by atoms with Crippen LogP contribution in [0.4, 0.5) is 5.95 Å². The smallest absolute Gasteiger partial charge is 0.294 e. The fourth-order valence-electron chi connectivity index (χ4n) is 3.82. The molecule has 0 aliphatic carbocycles. The molecule has 2 aromatic heterocycles. The van der Waals surface area contributed by atoms with Gasteiger partial charge in [0.1, 0.15) is 5.58 Å². The topological polar surface area (TPSA) is 85.0 Å². The van der Waals surface area contributed by atoms with Crippen LogP contribution in [-0.2, 0) is 7.05 Å². The average molecular weight is 404 g/mol. The summed E-state index contributed by atoms with van der Waals surface area (Å²) in [5.74, 6) is 1.61. The molecule has 1 aliphatic rings. The van der Waals surface area contributed by atoms with Gasteiger partial charge in [0.2, 0.25) is 5.95 Å². The predicted octanol–water partition coefficient (Wildman–Crippen LogP) is 3.63. The largest absolute Gasteiger partial charge is 0.450 e. The van der Waals surface area contributed by atoms with Crippen LogP contribution >= 0.6 is 12.4 Å². The summed E-state index contributed by atoms with van der Waals surface area (Å²) in [7, 11) is 1.80. The first-order valence-electron chi connectivity index (χ1n) is 9.38. The van der Waals surface area contributed by atoms with Crippen LogP contribution in [0, 0.1) is 20.8 Å². The number of carbonyl (C=O) groups is 1. The van der Waals surface area contributed by atoms with E-state index in [1.54, 1.807) is 11.7 Å². The van der Waals surface area contributed by atoms with Crippen molar-refractivity contribution in [3.05, 3.63) is 40.4 Å². The normalized spacial score (nSPS) is 14.9. The van der Waals surface area contributed by atoms with E-state index >= 15 is 0 Å². The van der Waals surface area contributed by atoms with Crippen molar-refractivity contribution < 1.29 is 9.21 Å². The molecular weight excluding hydrogens is 378 g/mol. The number of hydrogen-bond acceptors (Lipinski definition) is 5. The number of rotatable bonds is 3. The van der Waals surface area contributed by atoms with Crippen molar-refractivity contribution in [3.63, 3.8) is 0 Å². The van der Waals surface area contributed by atoms with Gasteiger partial charge in [-0.25, -0.2) is 4.68 Å². The zero-order valence-corrected chi connectivity index (χ0v) is 17.4. The molecule has 4 rings (SSSR count). The molecule has 2 N–H and O–H groups in total. The third kappa shape index (κ3) is 3.52. The van der Waals surface area contributed by atoms with Gasteiger partial charge >= 0.3 is 0 Å². The number of amides is 1. The highest BCUT2D eigenvalue weighted by molar-refractivity contribution is 6.06. The number of hydrogen-bond donors (Lipinski definition) is 2. The molecule has 7 nitrogen and oxygen atoms in total. The van der Waals surface area contributed by atoms with Crippen LogP contribution in [0.2, 0.25) is 0 Å². The highest BCUT2D eigenvalue weighted by atomic mass is 35.5. The fraction of sp³-hybridized carbons (Fsp3) is 0.450. The van der Waals surface area contributed by atoms with Gasteiger partial charge in [-0.2, -0.15) is 10.1 Å². The minimum atomic E-state index is -0.296. The molecule has 8 heteroatoms. The zero-order valence-electron chi connectivity index (χ0n) is 16.6. The molecule has 0 saturated carbocycles. The Labute approximate surface area is 170 Å². The number of benzene rings is 1. The van der Waals surface area contributed by atoms with Crippen LogP contribution in [0.25, 0.3) is 11.0 Å². The Balaban J connectivity index is 0.00000225. The number of carbonyl (C=O) groups excluding carboxylic acids is 1. The highest BCUT2D eigenvalue weighted by Gasteiger charge is 2.24. The van der Waals surface area contributed by atoms with Gasteiger partial charge in [0.25, 0.3) is 5.91 Å². The Hall–Kier alpha value is -2.38. The maximum Gasteiger partial charge on any atom is 0.294 e. The van der Waals surface area contributed by atoms with Gasteiger partial charge in [-0.05, 0) is 57.8 Å². The first-order valence-corrected chi connectivity index (χ1v) is 9.38. The number of furan rings is 1. The van der Waals surface area contributed by atoms with Crippen LogP contribution < -0.4 is 10.6 Å². The van der Waals surface area contributed by atoms with E-state index in [9.17, 15) is 4.79 Å². The summed E-state index contributed by atoms with van der Waals surface area (Å²) < 4.78 is 7.56. The van der Waals surface area contributed by atoms with Gasteiger partial charge < -0.3 is 9.73 Å². The van der Waals surface area contributed by atoms with Crippen molar-refractivity contribution in [2.24, 2.45) is 7.05 Å². The third-order valence-electron chi connectivity index (χ3n) is 5.40. The van der Waals surface area contributed by atoms with E-state index in [4.69, 9.17) is 4.42 Å². The molecule has 28 heavy (non-hydrogen) atoms. The highest BCUT2D eigenvalue weighted by Crippen LogP contribution is 2.31. The minimum absolute atomic E-state index is 0. The summed E-state index contributed by atoms with van der Waals surface area (Å²) in [5.41, 5.74) is 3.74. The monoisotopic (exact) mass is 403 g/mol. The summed E-state index contributed by atoms with van der Waals surface area (Å²) in [6.45, 7) is 7.88. The van der Waals surface area contributed by atoms with Crippen molar-refractivity contribution in [2.75, 3.05) is 18.4 Å². The van der Waals surface area contributed by atoms with Crippen molar-refractivity contribution in [3.8, 4) is 0 Å². The lowest BCUT2D eigenvalue weighted by molar-refractivity contribution is 0.0996. The number of piperidine rings is 1. The number of aromatic nitrogens is 3. The Morgan fingerprint density at radius 2 is 1.89 bits per heavy atom. The van der Waals surface area contributed by atoms with Crippen molar-refractivity contribution in [2.45, 2.75) is 39.5 Å². The summed E-state index contributed by atoms with van der Waals surface area (Å²) >= 11 is 0. The number of aryl methyl sites for hydroxylation is 4. The second-order valence-corrected chi connectivity index (χ2v) is 7.36. The maximum atomic E-state index is 12.9. The molecule has 1 aliphatic heterocycles. The molecule has 1 saturated heterocycles. The Bertz CT molecular complexity index is 1020. The van der Waals surface area contributed by atoms with Gasteiger partial charge in [0, 0.05) is 23.9 Å². The number of nitrogens with one attached hydrogen (secondary N) is 2.